The highest BCUT2D eigenvalue weighted by molar-refractivity contribution is 7.89. The van der Waals surface area contributed by atoms with Gasteiger partial charge in [0, 0.05) is 0 Å². The topological polar surface area (TPSA) is 63.7 Å². The Labute approximate surface area is 139 Å². The zero-order valence-corrected chi connectivity index (χ0v) is 13.8. The number of furan rings is 2. The lowest BCUT2D eigenvalue weighted by Crippen LogP contribution is -2.30. The Morgan fingerprint density at radius 3 is 2.04 bits per heavy atom. The molecule has 24 heavy (non-hydrogen) atoms. The van der Waals surface area contributed by atoms with Gasteiger partial charge in [0.25, 0.3) is 0 Å². The zero-order chi connectivity index (χ0) is 17.2. The van der Waals surface area contributed by atoms with E-state index in [-0.39, 0.29) is 18.0 Å². The van der Waals surface area contributed by atoms with E-state index in [1.54, 1.807) is 31.2 Å². The molecule has 0 N–H and O–H groups in total. The molecule has 0 radical (unpaired) electrons. The van der Waals surface area contributed by atoms with Crippen molar-refractivity contribution >= 4 is 10.0 Å². The van der Waals surface area contributed by atoms with Crippen LogP contribution in [0.1, 0.15) is 17.1 Å². The second-order valence-electron chi connectivity index (χ2n) is 5.34. The van der Waals surface area contributed by atoms with Crippen molar-refractivity contribution in [3.63, 3.8) is 0 Å². The quantitative estimate of drug-likeness (QED) is 0.680. The van der Waals surface area contributed by atoms with Crippen LogP contribution in [0.5, 0.6) is 0 Å². The van der Waals surface area contributed by atoms with E-state index in [1.165, 1.54) is 29.0 Å². The predicted octanol–water partition coefficient (Wildman–Crippen LogP) is 3.71. The molecule has 0 atom stereocenters. The Morgan fingerprint density at radius 2 is 1.58 bits per heavy atom. The summed E-state index contributed by atoms with van der Waals surface area (Å²) in [7, 11) is -3.85. The number of rotatable bonds is 6. The Hall–Kier alpha value is -2.38. The molecule has 2 heterocycles. The molecule has 0 aliphatic rings. The van der Waals surface area contributed by atoms with Crippen molar-refractivity contribution < 1.29 is 21.6 Å². The monoisotopic (exact) mass is 349 g/mol. The molecule has 0 aliphatic carbocycles. The van der Waals surface area contributed by atoms with Crippen LogP contribution in [0.3, 0.4) is 0 Å². The number of sulfonamides is 1. The smallest absolute Gasteiger partial charge is 0.244 e. The van der Waals surface area contributed by atoms with Gasteiger partial charge >= 0.3 is 0 Å². The van der Waals surface area contributed by atoms with E-state index in [0.29, 0.717) is 17.1 Å². The summed E-state index contributed by atoms with van der Waals surface area (Å²) in [5.74, 6) is 0.532. The summed E-state index contributed by atoms with van der Waals surface area (Å²) in [5, 5.41) is 0. The van der Waals surface area contributed by atoms with Gasteiger partial charge in [-0.15, -0.1) is 0 Å². The van der Waals surface area contributed by atoms with E-state index in [2.05, 4.69) is 0 Å². The molecule has 0 bridgehead atoms. The number of aryl methyl sites for hydroxylation is 1. The molecule has 0 spiro atoms. The van der Waals surface area contributed by atoms with E-state index < -0.39 is 15.8 Å². The maximum absolute atomic E-state index is 13.3. The van der Waals surface area contributed by atoms with Crippen LogP contribution < -0.4 is 0 Å². The molecule has 3 rings (SSSR count). The minimum absolute atomic E-state index is 0.0485. The first-order valence-electron chi connectivity index (χ1n) is 7.28. The molecule has 0 unspecified atom stereocenters. The van der Waals surface area contributed by atoms with E-state index in [9.17, 15) is 12.8 Å². The van der Waals surface area contributed by atoms with Crippen molar-refractivity contribution in [2.24, 2.45) is 0 Å². The van der Waals surface area contributed by atoms with Crippen LogP contribution in [-0.4, -0.2) is 12.7 Å². The van der Waals surface area contributed by atoms with Gasteiger partial charge in [-0.2, -0.15) is 4.31 Å². The second-order valence-corrected chi connectivity index (χ2v) is 7.25. The first-order chi connectivity index (χ1) is 11.5. The Bertz CT molecular complexity index is 866. The molecule has 1 aromatic carbocycles. The maximum atomic E-state index is 13.3. The van der Waals surface area contributed by atoms with Crippen molar-refractivity contribution in [1.82, 2.24) is 4.31 Å². The molecule has 5 nitrogen and oxygen atoms in total. The molecule has 126 valence electrons. The van der Waals surface area contributed by atoms with Gasteiger partial charge in [0.1, 0.15) is 17.3 Å². The van der Waals surface area contributed by atoms with Gasteiger partial charge in [0.15, 0.2) is 0 Å². The number of hydrogen-bond donors (Lipinski definition) is 0. The van der Waals surface area contributed by atoms with Gasteiger partial charge in [-0.1, -0.05) is 0 Å². The standard InChI is InChI=1S/C17H16FNO4S/c1-13-10-14(18)6-7-17(13)24(20,21)19(11-15-4-2-8-22-15)12-16-5-3-9-23-16/h2-10H,11-12H2,1H3. The van der Waals surface area contributed by atoms with Crippen LogP contribution in [0.4, 0.5) is 4.39 Å². The van der Waals surface area contributed by atoms with E-state index >= 15 is 0 Å². The van der Waals surface area contributed by atoms with Gasteiger partial charge in [0.05, 0.1) is 30.5 Å². The molecule has 0 saturated heterocycles. The van der Waals surface area contributed by atoms with E-state index in [1.807, 2.05) is 0 Å². The molecular weight excluding hydrogens is 333 g/mol. The third kappa shape index (κ3) is 3.42. The Balaban J connectivity index is 1.99. The third-order valence-corrected chi connectivity index (χ3v) is 5.53. The van der Waals surface area contributed by atoms with Crippen LogP contribution in [0.15, 0.2) is 68.7 Å². The van der Waals surface area contributed by atoms with Crippen LogP contribution >= 0.6 is 0 Å². The van der Waals surface area contributed by atoms with Gasteiger partial charge < -0.3 is 8.83 Å². The number of benzene rings is 1. The summed E-state index contributed by atoms with van der Waals surface area (Å²) in [4.78, 5) is 0.0574. The number of hydrogen-bond acceptors (Lipinski definition) is 4. The van der Waals surface area contributed by atoms with E-state index in [4.69, 9.17) is 8.83 Å². The molecule has 2 aromatic heterocycles. The molecule has 0 aliphatic heterocycles. The minimum Gasteiger partial charge on any atom is -0.468 e. The van der Waals surface area contributed by atoms with Crippen molar-refractivity contribution in [2.45, 2.75) is 24.9 Å². The lowest BCUT2D eigenvalue weighted by molar-refractivity contribution is 0.330. The highest BCUT2D eigenvalue weighted by Gasteiger charge is 2.28. The highest BCUT2D eigenvalue weighted by atomic mass is 32.2. The summed E-state index contributed by atoms with van der Waals surface area (Å²) in [5.41, 5.74) is 0.346. The molecule has 3 aromatic rings. The van der Waals surface area contributed by atoms with E-state index in [0.717, 1.165) is 6.07 Å². The van der Waals surface area contributed by atoms with Crippen molar-refractivity contribution in [3.8, 4) is 0 Å². The van der Waals surface area contributed by atoms with Crippen LogP contribution in [0.2, 0.25) is 0 Å². The summed E-state index contributed by atoms with van der Waals surface area (Å²) >= 11 is 0. The first kappa shape index (κ1) is 16.5. The summed E-state index contributed by atoms with van der Waals surface area (Å²) < 4.78 is 51.2. The Morgan fingerprint density at radius 1 is 1.00 bits per heavy atom. The number of halogens is 1. The average Bonchev–Trinajstić information content (AvgIpc) is 3.19. The Kier molecular flexibility index (Phi) is 4.55. The molecular formula is C17H16FNO4S. The fourth-order valence-electron chi connectivity index (χ4n) is 2.42. The van der Waals surface area contributed by atoms with Crippen LogP contribution in [-0.2, 0) is 23.1 Å². The SMILES string of the molecule is Cc1cc(F)ccc1S(=O)(=O)N(Cc1ccco1)Cc1ccco1. The largest absolute Gasteiger partial charge is 0.468 e. The third-order valence-electron chi connectivity index (χ3n) is 3.58. The molecule has 0 fully saturated rings. The van der Waals surface area contributed by atoms with Crippen molar-refractivity contribution in [2.75, 3.05) is 0 Å². The van der Waals surface area contributed by atoms with Gasteiger partial charge in [-0.3, -0.25) is 0 Å². The average molecular weight is 349 g/mol. The van der Waals surface area contributed by atoms with Gasteiger partial charge in [-0.05, 0) is 55.0 Å². The van der Waals surface area contributed by atoms with Crippen molar-refractivity contribution in [1.29, 1.82) is 0 Å². The van der Waals surface area contributed by atoms with Crippen LogP contribution in [0.25, 0.3) is 0 Å². The van der Waals surface area contributed by atoms with Crippen LogP contribution in [0, 0.1) is 12.7 Å². The maximum Gasteiger partial charge on any atom is 0.244 e. The lowest BCUT2D eigenvalue weighted by atomic mass is 10.2. The molecule has 0 amide bonds. The highest BCUT2D eigenvalue weighted by Crippen LogP contribution is 2.24. The summed E-state index contributed by atoms with van der Waals surface area (Å²) in [6, 6.07) is 10.4. The zero-order valence-electron chi connectivity index (χ0n) is 13.0. The van der Waals surface area contributed by atoms with Gasteiger partial charge in [-0.25, -0.2) is 12.8 Å². The summed E-state index contributed by atoms with van der Waals surface area (Å²) in [6.45, 7) is 1.66. The van der Waals surface area contributed by atoms with Gasteiger partial charge in [0.2, 0.25) is 10.0 Å². The second kappa shape index (κ2) is 6.62. The fourth-order valence-corrected chi connectivity index (χ4v) is 4.00. The number of nitrogens with zero attached hydrogens (tertiary/aromatic N) is 1. The van der Waals surface area contributed by atoms with Crippen molar-refractivity contribution in [3.05, 3.63) is 77.9 Å². The summed E-state index contributed by atoms with van der Waals surface area (Å²) in [6.07, 6.45) is 2.96. The fraction of sp³-hybridized carbons (Fsp3) is 0.176. The normalized spacial score (nSPS) is 12.0. The predicted molar refractivity (Wildman–Crippen MR) is 85.0 cm³/mol. The first-order valence-corrected chi connectivity index (χ1v) is 8.72. The lowest BCUT2D eigenvalue weighted by Gasteiger charge is -2.21. The minimum atomic E-state index is -3.85. The molecule has 0 saturated carbocycles. The molecule has 7 heteroatoms.